The summed E-state index contributed by atoms with van der Waals surface area (Å²) in [4.78, 5) is 12.0. The summed E-state index contributed by atoms with van der Waals surface area (Å²) in [7, 11) is 0. The first kappa shape index (κ1) is 14.7. The molecule has 1 fully saturated rings. The van der Waals surface area contributed by atoms with Gasteiger partial charge in [0.25, 0.3) is 0 Å². The van der Waals surface area contributed by atoms with Crippen LogP contribution >= 0.6 is 0 Å². The van der Waals surface area contributed by atoms with Crippen molar-refractivity contribution < 1.29 is 9.53 Å². The third kappa shape index (κ3) is 5.64. The maximum absolute atomic E-state index is 12.0. The van der Waals surface area contributed by atoms with E-state index in [4.69, 9.17) is 10.5 Å². The van der Waals surface area contributed by atoms with Gasteiger partial charge in [-0.1, -0.05) is 13.8 Å². The van der Waals surface area contributed by atoms with Gasteiger partial charge in [-0.05, 0) is 38.0 Å². The molecule has 0 aromatic carbocycles. The van der Waals surface area contributed by atoms with Crippen molar-refractivity contribution in [2.24, 2.45) is 17.6 Å². The molecule has 0 aliphatic carbocycles. The number of carbonyl (C=O) groups is 1. The van der Waals surface area contributed by atoms with Crippen LogP contribution in [-0.2, 0) is 9.53 Å². The first-order chi connectivity index (χ1) is 8.13. The molecule has 0 aromatic heterocycles. The summed E-state index contributed by atoms with van der Waals surface area (Å²) in [6, 6.07) is 0. The van der Waals surface area contributed by atoms with Gasteiger partial charge in [-0.25, -0.2) is 0 Å². The second-order valence-corrected chi connectivity index (χ2v) is 5.56. The van der Waals surface area contributed by atoms with Crippen LogP contribution in [0, 0.1) is 11.8 Å². The SMILES string of the molecule is CC(C)CC(CN)C(=O)CCCC1CCCO1. The number of hydrogen-bond donors (Lipinski definition) is 1. The standard InChI is InChI=1S/C14H27NO2/c1-11(2)9-12(10-15)14(16)7-3-5-13-6-4-8-17-13/h11-13H,3-10,15H2,1-2H3. The summed E-state index contributed by atoms with van der Waals surface area (Å²) in [5, 5.41) is 0. The highest BCUT2D eigenvalue weighted by molar-refractivity contribution is 5.81. The van der Waals surface area contributed by atoms with Crippen molar-refractivity contribution in [3.63, 3.8) is 0 Å². The monoisotopic (exact) mass is 241 g/mol. The summed E-state index contributed by atoms with van der Waals surface area (Å²) in [5.41, 5.74) is 5.67. The molecule has 2 N–H and O–H groups in total. The van der Waals surface area contributed by atoms with Crippen LogP contribution in [0.4, 0.5) is 0 Å². The summed E-state index contributed by atoms with van der Waals surface area (Å²) < 4.78 is 5.55. The smallest absolute Gasteiger partial charge is 0.137 e. The lowest BCUT2D eigenvalue weighted by atomic mass is 9.90. The minimum absolute atomic E-state index is 0.0690. The molecule has 0 radical (unpaired) electrons. The predicted octanol–water partition coefficient (Wildman–Crippen LogP) is 2.53. The molecule has 100 valence electrons. The van der Waals surface area contributed by atoms with Crippen LogP contribution in [-0.4, -0.2) is 25.0 Å². The number of carbonyl (C=O) groups excluding carboxylic acids is 1. The Bertz CT molecular complexity index is 222. The lowest BCUT2D eigenvalue weighted by Gasteiger charge is -2.16. The molecule has 0 bridgehead atoms. The molecule has 3 heteroatoms. The molecule has 0 saturated carbocycles. The summed E-state index contributed by atoms with van der Waals surface area (Å²) in [6.07, 6.45) is 6.34. The molecule has 3 nitrogen and oxygen atoms in total. The maximum atomic E-state index is 12.0. The van der Waals surface area contributed by atoms with Gasteiger partial charge in [-0.2, -0.15) is 0 Å². The van der Waals surface area contributed by atoms with Gasteiger partial charge in [0, 0.05) is 25.5 Å². The number of ketones is 1. The lowest BCUT2D eigenvalue weighted by molar-refractivity contribution is -0.123. The van der Waals surface area contributed by atoms with Gasteiger partial charge in [0.05, 0.1) is 6.10 Å². The topological polar surface area (TPSA) is 52.3 Å². The Morgan fingerprint density at radius 3 is 2.76 bits per heavy atom. The van der Waals surface area contributed by atoms with Gasteiger partial charge in [-0.15, -0.1) is 0 Å². The van der Waals surface area contributed by atoms with Crippen LogP contribution < -0.4 is 5.73 Å². The number of hydrogen-bond acceptors (Lipinski definition) is 3. The molecule has 0 spiro atoms. The van der Waals surface area contributed by atoms with Crippen molar-refractivity contribution >= 4 is 5.78 Å². The number of nitrogens with two attached hydrogens (primary N) is 1. The normalized spacial score (nSPS) is 22.0. The molecule has 17 heavy (non-hydrogen) atoms. The van der Waals surface area contributed by atoms with E-state index in [1.54, 1.807) is 0 Å². The Morgan fingerprint density at radius 2 is 2.24 bits per heavy atom. The molecule has 2 unspecified atom stereocenters. The van der Waals surface area contributed by atoms with Crippen molar-refractivity contribution in [2.45, 2.75) is 58.5 Å². The Labute approximate surface area is 105 Å². The number of ether oxygens (including phenoxy) is 1. The Balaban J connectivity index is 2.17. The van der Waals surface area contributed by atoms with Gasteiger partial charge in [-0.3, -0.25) is 4.79 Å². The number of Topliss-reactive ketones (excluding diaryl/α,β-unsaturated/α-hetero) is 1. The predicted molar refractivity (Wildman–Crippen MR) is 69.8 cm³/mol. The number of rotatable bonds is 8. The van der Waals surface area contributed by atoms with Gasteiger partial charge in [0.15, 0.2) is 0 Å². The first-order valence-electron chi connectivity index (χ1n) is 6.97. The molecular formula is C14H27NO2. The van der Waals surface area contributed by atoms with Crippen LogP contribution in [0.25, 0.3) is 0 Å². The van der Waals surface area contributed by atoms with E-state index in [0.29, 0.717) is 30.8 Å². The minimum atomic E-state index is 0.0690. The summed E-state index contributed by atoms with van der Waals surface area (Å²) >= 11 is 0. The van der Waals surface area contributed by atoms with E-state index in [2.05, 4.69) is 13.8 Å². The third-order valence-corrected chi connectivity index (χ3v) is 3.47. The highest BCUT2D eigenvalue weighted by Crippen LogP contribution is 2.19. The highest BCUT2D eigenvalue weighted by atomic mass is 16.5. The van der Waals surface area contributed by atoms with E-state index in [1.165, 1.54) is 12.8 Å². The zero-order chi connectivity index (χ0) is 12.7. The Kier molecular flexibility index (Phi) is 6.75. The van der Waals surface area contributed by atoms with Gasteiger partial charge >= 0.3 is 0 Å². The molecule has 1 saturated heterocycles. The lowest BCUT2D eigenvalue weighted by Crippen LogP contribution is -2.25. The van der Waals surface area contributed by atoms with Crippen LogP contribution in [0.2, 0.25) is 0 Å². The first-order valence-corrected chi connectivity index (χ1v) is 6.97. The fourth-order valence-electron chi connectivity index (χ4n) is 2.51. The van der Waals surface area contributed by atoms with Crippen LogP contribution in [0.15, 0.2) is 0 Å². The minimum Gasteiger partial charge on any atom is -0.378 e. The van der Waals surface area contributed by atoms with Crippen LogP contribution in [0.3, 0.4) is 0 Å². The van der Waals surface area contributed by atoms with E-state index < -0.39 is 0 Å². The Morgan fingerprint density at radius 1 is 1.47 bits per heavy atom. The molecule has 1 aliphatic rings. The largest absolute Gasteiger partial charge is 0.378 e. The third-order valence-electron chi connectivity index (χ3n) is 3.47. The average molecular weight is 241 g/mol. The molecule has 0 amide bonds. The van der Waals surface area contributed by atoms with Gasteiger partial charge < -0.3 is 10.5 Å². The maximum Gasteiger partial charge on any atom is 0.137 e. The van der Waals surface area contributed by atoms with Crippen molar-refractivity contribution in [1.29, 1.82) is 0 Å². The zero-order valence-electron chi connectivity index (χ0n) is 11.3. The Hall–Kier alpha value is -0.410. The zero-order valence-corrected chi connectivity index (χ0v) is 11.3. The fraction of sp³-hybridized carbons (Fsp3) is 0.929. The molecular weight excluding hydrogens is 214 g/mol. The molecule has 0 aromatic rings. The van der Waals surface area contributed by atoms with Crippen molar-refractivity contribution in [3.8, 4) is 0 Å². The summed E-state index contributed by atoms with van der Waals surface area (Å²) in [5.74, 6) is 0.962. The van der Waals surface area contributed by atoms with E-state index in [9.17, 15) is 4.79 Å². The average Bonchev–Trinajstić information content (AvgIpc) is 2.78. The van der Waals surface area contributed by atoms with Gasteiger partial charge in [0.2, 0.25) is 0 Å². The molecule has 2 atom stereocenters. The van der Waals surface area contributed by atoms with E-state index in [-0.39, 0.29) is 5.92 Å². The van der Waals surface area contributed by atoms with Crippen molar-refractivity contribution in [3.05, 3.63) is 0 Å². The van der Waals surface area contributed by atoms with Crippen molar-refractivity contribution in [2.75, 3.05) is 13.2 Å². The van der Waals surface area contributed by atoms with E-state index >= 15 is 0 Å². The quantitative estimate of drug-likeness (QED) is 0.710. The van der Waals surface area contributed by atoms with Crippen LogP contribution in [0.1, 0.15) is 52.4 Å². The second-order valence-electron chi connectivity index (χ2n) is 5.56. The summed E-state index contributed by atoms with van der Waals surface area (Å²) in [6.45, 7) is 5.68. The second kappa shape index (κ2) is 7.83. The fourth-order valence-corrected chi connectivity index (χ4v) is 2.51. The molecule has 1 heterocycles. The highest BCUT2D eigenvalue weighted by Gasteiger charge is 2.19. The molecule has 1 rings (SSSR count). The van der Waals surface area contributed by atoms with Crippen LogP contribution in [0.5, 0.6) is 0 Å². The van der Waals surface area contributed by atoms with Crippen molar-refractivity contribution in [1.82, 2.24) is 0 Å². The van der Waals surface area contributed by atoms with Gasteiger partial charge in [0.1, 0.15) is 5.78 Å². The molecule has 1 aliphatic heterocycles. The van der Waals surface area contributed by atoms with E-state index in [1.807, 2.05) is 0 Å². The van der Waals surface area contributed by atoms with E-state index in [0.717, 1.165) is 25.9 Å².